The highest BCUT2D eigenvalue weighted by Gasteiger charge is 2.19. The molecule has 3 aromatic rings. The summed E-state index contributed by atoms with van der Waals surface area (Å²) in [5.41, 5.74) is 2.43. The molecule has 0 radical (unpaired) electrons. The second kappa shape index (κ2) is 5.52. The van der Waals surface area contributed by atoms with Crippen LogP contribution in [0.4, 0.5) is 4.39 Å². The zero-order valence-electron chi connectivity index (χ0n) is 13.2. The number of benzene rings is 1. The van der Waals surface area contributed by atoms with Gasteiger partial charge in [0.2, 0.25) is 0 Å². The predicted octanol–water partition coefficient (Wildman–Crippen LogP) is 4.21. The van der Waals surface area contributed by atoms with E-state index >= 15 is 0 Å². The molecule has 0 aliphatic carbocycles. The van der Waals surface area contributed by atoms with Gasteiger partial charge in [-0.1, -0.05) is 39.0 Å². The first-order valence-corrected chi connectivity index (χ1v) is 7.47. The number of nitrogens with zero attached hydrogens (tertiary/aromatic N) is 3. The Kier molecular flexibility index (Phi) is 3.69. The zero-order chi connectivity index (χ0) is 15.7. The number of rotatable bonds is 3. The number of aromatic nitrogens is 3. The van der Waals surface area contributed by atoms with Crippen molar-refractivity contribution in [3.63, 3.8) is 0 Å². The van der Waals surface area contributed by atoms with Crippen LogP contribution in [0.1, 0.15) is 32.2 Å². The van der Waals surface area contributed by atoms with Crippen LogP contribution >= 0.6 is 0 Å². The Balaban J connectivity index is 2.09. The van der Waals surface area contributed by atoms with E-state index in [1.165, 1.54) is 6.07 Å². The van der Waals surface area contributed by atoms with Gasteiger partial charge in [-0.3, -0.25) is 0 Å². The van der Waals surface area contributed by atoms with Gasteiger partial charge < -0.3 is 4.57 Å². The molecule has 114 valence electrons. The van der Waals surface area contributed by atoms with E-state index in [0.29, 0.717) is 12.1 Å². The molecular formula is C18H20FN3. The largest absolute Gasteiger partial charge is 0.308 e. The zero-order valence-corrected chi connectivity index (χ0v) is 13.2. The molecule has 2 heterocycles. The Morgan fingerprint density at radius 3 is 2.59 bits per heavy atom. The molecule has 0 atom stereocenters. The van der Waals surface area contributed by atoms with Gasteiger partial charge in [-0.25, -0.2) is 14.4 Å². The third-order valence-corrected chi connectivity index (χ3v) is 3.56. The van der Waals surface area contributed by atoms with Crippen molar-refractivity contribution in [2.24, 2.45) is 5.41 Å². The summed E-state index contributed by atoms with van der Waals surface area (Å²) in [5, 5.41) is 0. The van der Waals surface area contributed by atoms with Gasteiger partial charge in [0, 0.05) is 18.2 Å². The minimum atomic E-state index is -0.193. The SMILES string of the molecule is CC(C)(C)Cc1nc2cccnc2n1Cc1ccccc1F. The molecule has 22 heavy (non-hydrogen) atoms. The van der Waals surface area contributed by atoms with Crippen molar-refractivity contribution in [1.29, 1.82) is 0 Å². The quantitative estimate of drug-likeness (QED) is 0.725. The molecule has 2 aromatic heterocycles. The first-order valence-electron chi connectivity index (χ1n) is 7.47. The molecule has 4 heteroatoms. The summed E-state index contributed by atoms with van der Waals surface area (Å²) in [6.07, 6.45) is 2.57. The van der Waals surface area contributed by atoms with Crippen molar-refractivity contribution < 1.29 is 4.39 Å². The second-order valence-electron chi connectivity index (χ2n) is 6.79. The molecule has 0 fully saturated rings. The van der Waals surface area contributed by atoms with E-state index in [9.17, 15) is 4.39 Å². The fraction of sp³-hybridized carbons (Fsp3) is 0.333. The van der Waals surface area contributed by atoms with E-state index in [2.05, 4.69) is 25.8 Å². The molecule has 0 saturated carbocycles. The Morgan fingerprint density at radius 2 is 1.86 bits per heavy atom. The van der Waals surface area contributed by atoms with Gasteiger partial charge in [-0.05, 0) is 23.6 Å². The number of pyridine rings is 1. The van der Waals surface area contributed by atoms with Crippen LogP contribution in [0.2, 0.25) is 0 Å². The second-order valence-corrected chi connectivity index (χ2v) is 6.79. The first kappa shape index (κ1) is 14.7. The van der Waals surface area contributed by atoms with Crippen molar-refractivity contribution in [2.75, 3.05) is 0 Å². The minimum Gasteiger partial charge on any atom is -0.308 e. The molecule has 0 N–H and O–H groups in total. The summed E-state index contributed by atoms with van der Waals surface area (Å²) < 4.78 is 16.0. The third kappa shape index (κ3) is 3.01. The monoisotopic (exact) mass is 297 g/mol. The van der Waals surface area contributed by atoms with E-state index in [0.717, 1.165) is 23.4 Å². The van der Waals surface area contributed by atoms with Crippen LogP contribution < -0.4 is 0 Å². The van der Waals surface area contributed by atoms with Crippen LogP contribution in [0.3, 0.4) is 0 Å². The van der Waals surface area contributed by atoms with Crippen LogP contribution in [0.5, 0.6) is 0 Å². The average Bonchev–Trinajstić information content (AvgIpc) is 2.77. The number of imidazole rings is 1. The Hall–Kier alpha value is -2.23. The molecule has 0 saturated heterocycles. The maximum Gasteiger partial charge on any atom is 0.160 e. The van der Waals surface area contributed by atoms with Gasteiger partial charge in [0.05, 0.1) is 6.54 Å². The fourth-order valence-electron chi connectivity index (χ4n) is 2.58. The third-order valence-electron chi connectivity index (χ3n) is 3.56. The molecule has 3 rings (SSSR count). The van der Waals surface area contributed by atoms with Crippen LogP contribution in [0.25, 0.3) is 11.2 Å². The molecule has 1 aromatic carbocycles. The van der Waals surface area contributed by atoms with Crippen molar-refractivity contribution >= 4 is 11.2 Å². The molecule has 0 amide bonds. The van der Waals surface area contributed by atoms with E-state index in [-0.39, 0.29) is 11.2 Å². The van der Waals surface area contributed by atoms with Crippen molar-refractivity contribution in [3.05, 3.63) is 59.8 Å². The summed E-state index contributed by atoms with van der Waals surface area (Å²) in [5.74, 6) is 0.756. The normalized spacial score (nSPS) is 12.0. The van der Waals surface area contributed by atoms with Crippen LogP contribution in [0, 0.1) is 11.2 Å². The Morgan fingerprint density at radius 1 is 1.09 bits per heavy atom. The molecule has 0 unspecified atom stereocenters. The van der Waals surface area contributed by atoms with E-state index < -0.39 is 0 Å². The number of hydrogen-bond acceptors (Lipinski definition) is 2. The van der Waals surface area contributed by atoms with Crippen molar-refractivity contribution in [1.82, 2.24) is 14.5 Å². The highest BCUT2D eigenvalue weighted by atomic mass is 19.1. The lowest BCUT2D eigenvalue weighted by Gasteiger charge is -2.18. The van der Waals surface area contributed by atoms with E-state index in [4.69, 9.17) is 4.98 Å². The van der Waals surface area contributed by atoms with Gasteiger partial charge in [0.15, 0.2) is 5.65 Å². The topological polar surface area (TPSA) is 30.7 Å². The van der Waals surface area contributed by atoms with Gasteiger partial charge in [-0.2, -0.15) is 0 Å². The maximum atomic E-state index is 14.0. The molecular weight excluding hydrogens is 277 g/mol. The average molecular weight is 297 g/mol. The van der Waals surface area contributed by atoms with Crippen LogP contribution in [-0.2, 0) is 13.0 Å². The van der Waals surface area contributed by atoms with Crippen LogP contribution in [0.15, 0.2) is 42.6 Å². The first-order chi connectivity index (χ1) is 10.4. The summed E-state index contributed by atoms with van der Waals surface area (Å²) >= 11 is 0. The Bertz CT molecular complexity index is 799. The summed E-state index contributed by atoms with van der Waals surface area (Å²) in [7, 11) is 0. The highest BCUT2D eigenvalue weighted by Crippen LogP contribution is 2.24. The van der Waals surface area contributed by atoms with Crippen LogP contribution in [-0.4, -0.2) is 14.5 Å². The summed E-state index contributed by atoms with van der Waals surface area (Å²) in [6.45, 7) is 6.97. The minimum absolute atomic E-state index is 0.106. The number of hydrogen-bond donors (Lipinski definition) is 0. The van der Waals surface area contributed by atoms with Crippen molar-refractivity contribution in [2.45, 2.75) is 33.7 Å². The number of halogens is 1. The number of fused-ring (bicyclic) bond motifs is 1. The lowest BCUT2D eigenvalue weighted by molar-refractivity contribution is 0.394. The predicted molar refractivity (Wildman–Crippen MR) is 86.2 cm³/mol. The molecule has 0 aliphatic rings. The molecule has 3 nitrogen and oxygen atoms in total. The van der Waals surface area contributed by atoms with E-state index in [1.807, 2.05) is 28.8 Å². The fourth-order valence-corrected chi connectivity index (χ4v) is 2.58. The standard InChI is InChI=1S/C18H20FN3/c1-18(2,3)11-16-21-15-9-6-10-20-17(15)22(16)12-13-7-4-5-8-14(13)19/h4-10H,11-12H2,1-3H3. The Labute approximate surface area is 129 Å². The molecule has 0 bridgehead atoms. The summed E-state index contributed by atoms with van der Waals surface area (Å²) in [4.78, 5) is 9.14. The lowest BCUT2D eigenvalue weighted by Crippen LogP contribution is -2.15. The van der Waals surface area contributed by atoms with E-state index in [1.54, 1.807) is 12.3 Å². The highest BCUT2D eigenvalue weighted by molar-refractivity contribution is 5.71. The van der Waals surface area contributed by atoms with Gasteiger partial charge in [-0.15, -0.1) is 0 Å². The maximum absolute atomic E-state index is 14.0. The molecule has 0 spiro atoms. The lowest BCUT2D eigenvalue weighted by atomic mass is 9.92. The molecule has 0 aliphatic heterocycles. The van der Waals surface area contributed by atoms with Gasteiger partial charge >= 0.3 is 0 Å². The van der Waals surface area contributed by atoms with Crippen molar-refractivity contribution in [3.8, 4) is 0 Å². The van der Waals surface area contributed by atoms with Gasteiger partial charge in [0.25, 0.3) is 0 Å². The summed E-state index contributed by atoms with van der Waals surface area (Å²) in [6, 6.07) is 10.7. The van der Waals surface area contributed by atoms with Gasteiger partial charge in [0.1, 0.15) is 17.2 Å². The smallest absolute Gasteiger partial charge is 0.160 e.